The van der Waals surface area contributed by atoms with Gasteiger partial charge in [0, 0.05) is 3.92 Å². The van der Waals surface area contributed by atoms with Crippen LogP contribution >= 0.6 is 22.6 Å². The first-order valence-electron chi connectivity index (χ1n) is 3.30. The van der Waals surface area contributed by atoms with Crippen molar-refractivity contribution in [2.45, 2.75) is 35.8 Å². The maximum atomic E-state index is 2.54. The smallest absolute Gasteiger partial charge is 0.0834 e. The molecule has 0 aromatic rings. The Labute approximate surface area is 65.8 Å². The Kier molecular flexibility index (Phi) is 2.67. The molecule has 0 bridgehead atoms. The minimum Gasteiger partial charge on any atom is -0.0834 e. The van der Waals surface area contributed by atoms with Crippen LogP contribution in [0.15, 0.2) is 0 Å². The van der Waals surface area contributed by atoms with E-state index in [1.165, 1.54) is 19.2 Å². The Balaban J connectivity index is 2.22. The van der Waals surface area contributed by atoms with Gasteiger partial charge in [0.25, 0.3) is 0 Å². The Morgan fingerprint density at radius 1 is 1.75 bits per heavy atom. The summed E-state index contributed by atoms with van der Waals surface area (Å²) in [6, 6.07) is 0. The summed E-state index contributed by atoms with van der Waals surface area (Å²) in [4.78, 5) is 0. The summed E-state index contributed by atoms with van der Waals surface area (Å²) in [5, 5.41) is 0. The molecule has 0 saturated carbocycles. The molecule has 1 aliphatic rings. The molecule has 8 heavy (non-hydrogen) atoms. The first-order chi connectivity index (χ1) is 3.83. The average Bonchev–Trinajstić information content (AvgIpc) is 2.14. The van der Waals surface area contributed by atoms with Crippen molar-refractivity contribution in [1.29, 1.82) is 0 Å². The van der Waals surface area contributed by atoms with Crippen molar-refractivity contribution >= 4 is 29.9 Å². The predicted octanol–water partition coefficient (Wildman–Crippen LogP) is 2.51. The second kappa shape index (κ2) is 3.09. The summed E-state index contributed by atoms with van der Waals surface area (Å²) in [5.41, 5.74) is 0. The molecule has 0 spiro atoms. The summed E-state index contributed by atoms with van der Waals surface area (Å²) in [6.07, 6.45) is 4.12. The van der Waals surface area contributed by atoms with Crippen LogP contribution < -0.4 is 0 Å². The molecule has 0 aromatic heterocycles. The number of hydrogen-bond acceptors (Lipinski definition) is 0. The Morgan fingerprint density at radius 3 is 2.75 bits per heavy atom. The van der Waals surface area contributed by atoms with E-state index in [9.17, 15) is 0 Å². The lowest BCUT2D eigenvalue weighted by molar-refractivity contribution is 0.761. The fourth-order valence-corrected chi connectivity index (χ4v) is 2.14. The van der Waals surface area contributed by atoms with Crippen LogP contribution in [0, 0.1) is 0 Å². The van der Waals surface area contributed by atoms with Crippen molar-refractivity contribution in [3.8, 4) is 0 Å². The second-order valence-corrected chi connectivity index (χ2v) is 4.23. The third-order valence-electron chi connectivity index (χ3n) is 1.81. The second-order valence-electron chi connectivity index (χ2n) is 2.47. The summed E-state index contributed by atoms with van der Waals surface area (Å²) in [6.45, 7) is 2.27. The van der Waals surface area contributed by atoms with Gasteiger partial charge in [-0.15, -0.1) is 0 Å². The van der Waals surface area contributed by atoms with Gasteiger partial charge in [-0.1, -0.05) is 48.1 Å². The van der Waals surface area contributed by atoms with Gasteiger partial charge in [-0.05, 0) is 6.42 Å². The highest BCUT2D eigenvalue weighted by Gasteiger charge is 2.21. The van der Waals surface area contributed by atoms with Gasteiger partial charge >= 0.3 is 0 Å². The van der Waals surface area contributed by atoms with Crippen molar-refractivity contribution in [3.63, 3.8) is 0 Å². The van der Waals surface area contributed by atoms with Gasteiger partial charge < -0.3 is 0 Å². The van der Waals surface area contributed by atoms with E-state index in [1.54, 1.807) is 0 Å². The summed E-state index contributed by atoms with van der Waals surface area (Å²) < 4.78 is 0.942. The molecule has 2 heteroatoms. The molecule has 0 amide bonds. The fourth-order valence-electron chi connectivity index (χ4n) is 1.19. The molecule has 1 fully saturated rings. The van der Waals surface area contributed by atoms with Crippen molar-refractivity contribution in [2.24, 2.45) is 0 Å². The standard InChI is InChI=1S/C6H11BI/c1-2-5-3-6(8)4-7-5/h5-6H,2-4H2,1H3. The van der Waals surface area contributed by atoms with Gasteiger partial charge in [0.05, 0.1) is 0 Å². The maximum Gasteiger partial charge on any atom is 0.115 e. The zero-order valence-corrected chi connectivity index (χ0v) is 7.39. The van der Waals surface area contributed by atoms with Gasteiger partial charge in [-0.2, -0.15) is 0 Å². The van der Waals surface area contributed by atoms with E-state index in [-0.39, 0.29) is 0 Å². The first-order valence-corrected chi connectivity index (χ1v) is 4.55. The molecule has 0 aliphatic carbocycles. The third kappa shape index (κ3) is 1.64. The van der Waals surface area contributed by atoms with Crippen LogP contribution in [0.1, 0.15) is 19.8 Å². The Morgan fingerprint density at radius 2 is 2.50 bits per heavy atom. The Bertz CT molecular complexity index is 74.9. The molecule has 45 valence electrons. The van der Waals surface area contributed by atoms with Gasteiger partial charge in [0.15, 0.2) is 0 Å². The van der Waals surface area contributed by atoms with Crippen molar-refractivity contribution in [1.82, 2.24) is 0 Å². The SMILES string of the molecule is CCC1[B]CC(I)C1. The predicted molar refractivity (Wildman–Crippen MR) is 47.0 cm³/mol. The minimum atomic E-state index is 0.942. The average molecular weight is 221 g/mol. The van der Waals surface area contributed by atoms with Gasteiger partial charge in [0.2, 0.25) is 0 Å². The van der Waals surface area contributed by atoms with Gasteiger partial charge in [-0.3, -0.25) is 0 Å². The highest BCUT2D eigenvalue weighted by atomic mass is 127. The minimum absolute atomic E-state index is 0.942. The van der Waals surface area contributed by atoms with Crippen LogP contribution in [0.2, 0.25) is 12.1 Å². The molecule has 0 nitrogen and oxygen atoms in total. The van der Waals surface area contributed by atoms with Gasteiger partial charge in [-0.25, -0.2) is 0 Å². The summed E-state index contributed by atoms with van der Waals surface area (Å²) >= 11 is 2.54. The van der Waals surface area contributed by atoms with Crippen LogP contribution in [-0.4, -0.2) is 11.2 Å². The fraction of sp³-hybridized carbons (Fsp3) is 1.00. The molecule has 1 aliphatic heterocycles. The monoisotopic (exact) mass is 221 g/mol. The quantitative estimate of drug-likeness (QED) is 0.362. The van der Waals surface area contributed by atoms with Crippen molar-refractivity contribution < 1.29 is 0 Å². The number of hydrogen-bond donors (Lipinski definition) is 0. The number of alkyl halides is 1. The van der Waals surface area contributed by atoms with E-state index in [0.29, 0.717) is 0 Å². The normalized spacial score (nSPS) is 37.2. The zero-order valence-electron chi connectivity index (χ0n) is 5.23. The van der Waals surface area contributed by atoms with E-state index in [0.717, 1.165) is 9.74 Å². The first kappa shape index (κ1) is 6.91. The molecular weight excluding hydrogens is 210 g/mol. The highest BCUT2D eigenvalue weighted by Crippen LogP contribution is 2.31. The van der Waals surface area contributed by atoms with Crippen LogP contribution in [-0.2, 0) is 0 Å². The van der Waals surface area contributed by atoms with Crippen molar-refractivity contribution in [3.05, 3.63) is 0 Å². The van der Waals surface area contributed by atoms with E-state index in [1.807, 2.05) is 0 Å². The molecule has 2 atom stereocenters. The highest BCUT2D eigenvalue weighted by molar-refractivity contribution is 14.1. The van der Waals surface area contributed by atoms with E-state index < -0.39 is 0 Å². The van der Waals surface area contributed by atoms with E-state index in [2.05, 4.69) is 36.8 Å². The number of halogens is 1. The van der Waals surface area contributed by atoms with Crippen LogP contribution in [0.4, 0.5) is 0 Å². The van der Waals surface area contributed by atoms with Crippen molar-refractivity contribution in [2.75, 3.05) is 0 Å². The topological polar surface area (TPSA) is 0 Å². The molecule has 1 radical (unpaired) electrons. The molecule has 1 rings (SSSR count). The molecular formula is C6H11BI. The van der Waals surface area contributed by atoms with Crippen LogP contribution in [0.25, 0.3) is 0 Å². The van der Waals surface area contributed by atoms with Crippen LogP contribution in [0.3, 0.4) is 0 Å². The molecule has 0 N–H and O–H groups in total. The lowest BCUT2D eigenvalue weighted by atomic mass is 9.66. The lowest BCUT2D eigenvalue weighted by Gasteiger charge is -2.01. The molecule has 2 unspecified atom stereocenters. The largest absolute Gasteiger partial charge is 0.115 e. The summed E-state index contributed by atoms with van der Waals surface area (Å²) in [5.74, 6) is 0.942. The lowest BCUT2D eigenvalue weighted by Crippen LogP contribution is -1.89. The molecule has 1 saturated heterocycles. The van der Waals surface area contributed by atoms with E-state index >= 15 is 0 Å². The van der Waals surface area contributed by atoms with E-state index in [4.69, 9.17) is 0 Å². The zero-order chi connectivity index (χ0) is 5.98. The maximum absolute atomic E-state index is 2.54. The molecule has 1 heterocycles. The summed E-state index contributed by atoms with van der Waals surface area (Å²) in [7, 11) is 2.47. The number of rotatable bonds is 1. The van der Waals surface area contributed by atoms with Gasteiger partial charge in [0.1, 0.15) is 7.28 Å². The Hall–Kier alpha value is 0.795. The van der Waals surface area contributed by atoms with Crippen LogP contribution in [0.5, 0.6) is 0 Å². The third-order valence-corrected chi connectivity index (χ3v) is 2.83. The molecule has 0 aromatic carbocycles.